The summed E-state index contributed by atoms with van der Waals surface area (Å²) in [6.07, 6.45) is 0.755. The van der Waals surface area contributed by atoms with Crippen molar-refractivity contribution in [3.05, 3.63) is 23.8 Å². The summed E-state index contributed by atoms with van der Waals surface area (Å²) in [5.41, 5.74) is 0.668. The van der Waals surface area contributed by atoms with Gasteiger partial charge in [-0.2, -0.15) is 0 Å². The first-order valence-corrected chi connectivity index (χ1v) is 5.62. The molecule has 0 bridgehead atoms. The molecule has 1 amide bonds. The molecule has 0 saturated carbocycles. The Morgan fingerprint density at radius 2 is 2.26 bits per heavy atom. The van der Waals surface area contributed by atoms with Crippen molar-refractivity contribution in [2.24, 2.45) is 5.16 Å². The van der Waals surface area contributed by atoms with Gasteiger partial charge in [0.25, 0.3) is 0 Å². The number of ether oxygens (including phenoxy) is 2. The molecule has 0 radical (unpaired) electrons. The summed E-state index contributed by atoms with van der Waals surface area (Å²) in [4.78, 5) is 10.2. The number of nitrogens with one attached hydrogen (secondary N) is 1. The molecule has 1 aromatic carbocycles. The van der Waals surface area contributed by atoms with Crippen LogP contribution in [0.2, 0.25) is 0 Å². The predicted molar refractivity (Wildman–Crippen MR) is 68.5 cm³/mol. The lowest BCUT2D eigenvalue weighted by atomic mass is 10.2. The van der Waals surface area contributed by atoms with E-state index in [2.05, 4.69) is 10.5 Å². The quantitative estimate of drug-likeness (QED) is 0.301. The molecule has 0 atom stereocenters. The fraction of sp³-hybridized carbons (Fsp3) is 0.333. The molecule has 1 aromatic rings. The molecule has 0 spiro atoms. The zero-order valence-corrected chi connectivity index (χ0v) is 10.5. The predicted octanol–water partition coefficient (Wildman–Crippen LogP) is 1.54. The van der Waals surface area contributed by atoms with Crippen LogP contribution in [0.15, 0.2) is 23.4 Å². The van der Waals surface area contributed by atoms with E-state index < -0.39 is 6.09 Å². The van der Waals surface area contributed by atoms with E-state index in [-0.39, 0.29) is 0 Å². The Morgan fingerprint density at radius 1 is 1.47 bits per heavy atom. The molecule has 0 aromatic heterocycles. The first-order valence-electron chi connectivity index (χ1n) is 5.62. The minimum atomic E-state index is -1.06. The fourth-order valence-electron chi connectivity index (χ4n) is 1.40. The lowest BCUT2D eigenvalue weighted by Gasteiger charge is -2.11. The van der Waals surface area contributed by atoms with Crippen LogP contribution in [0, 0.1) is 0 Å². The number of hydrogen-bond donors (Lipinski definition) is 3. The van der Waals surface area contributed by atoms with E-state index in [4.69, 9.17) is 19.8 Å². The number of methoxy groups -OCH3 is 1. The van der Waals surface area contributed by atoms with Gasteiger partial charge in [-0.15, -0.1) is 0 Å². The highest BCUT2D eigenvalue weighted by molar-refractivity contribution is 5.80. The summed E-state index contributed by atoms with van der Waals surface area (Å²) in [5, 5.41) is 22.0. The smallest absolute Gasteiger partial charge is 0.404 e. The number of nitrogens with zero attached hydrogens (tertiary/aromatic N) is 1. The number of amides is 1. The molecule has 0 fully saturated rings. The van der Waals surface area contributed by atoms with Crippen molar-refractivity contribution in [1.29, 1.82) is 0 Å². The second-order valence-corrected chi connectivity index (χ2v) is 3.59. The van der Waals surface area contributed by atoms with Crippen LogP contribution >= 0.6 is 0 Å². The molecule has 104 valence electrons. The molecule has 0 aliphatic rings. The summed E-state index contributed by atoms with van der Waals surface area (Å²) in [7, 11) is 1.52. The van der Waals surface area contributed by atoms with Crippen LogP contribution in [0.5, 0.6) is 11.5 Å². The Balaban J connectivity index is 2.55. The summed E-state index contributed by atoms with van der Waals surface area (Å²) < 4.78 is 10.6. The first-order chi connectivity index (χ1) is 9.17. The van der Waals surface area contributed by atoms with Gasteiger partial charge >= 0.3 is 6.09 Å². The van der Waals surface area contributed by atoms with Crippen molar-refractivity contribution in [2.45, 2.75) is 6.42 Å². The second kappa shape index (κ2) is 7.80. The summed E-state index contributed by atoms with van der Waals surface area (Å²) in [6.45, 7) is 0.659. The Bertz CT molecular complexity index is 448. The maximum atomic E-state index is 10.2. The average Bonchev–Trinajstić information content (AvgIpc) is 2.38. The van der Waals surface area contributed by atoms with Gasteiger partial charge in [0.1, 0.15) is 0 Å². The van der Waals surface area contributed by atoms with Crippen LogP contribution < -0.4 is 14.8 Å². The van der Waals surface area contributed by atoms with Gasteiger partial charge in [0.15, 0.2) is 11.5 Å². The molecule has 0 heterocycles. The Kier molecular flexibility index (Phi) is 6.00. The summed E-state index contributed by atoms with van der Waals surface area (Å²) in [6, 6.07) is 5.09. The van der Waals surface area contributed by atoms with Gasteiger partial charge in [-0.25, -0.2) is 4.79 Å². The molecule has 0 aliphatic carbocycles. The number of benzene rings is 1. The van der Waals surface area contributed by atoms with Crippen molar-refractivity contribution in [1.82, 2.24) is 5.32 Å². The Labute approximate surface area is 110 Å². The third-order valence-electron chi connectivity index (χ3n) is 2.25. The Morgan fingerprint density at radius 3 is 2.89 bits per heavy atom. The second-order valence-electron chi connectivity index (χ2n) is 3.59. The van der Waals surface area contributed by atoms with Gasteiger partial charge < -0.3 is 25.1 Å². The van der Waals surface area contributed by atoms with Crippen LogP contribution in [0.3, 0.4) is 0 Å². The van der Waals surface area contributed by atoms with E-state index in [1.165, 1.54) is 13.3 Å². The zero-order valence-electron chi connectivity index (χ0n) is 10.5. The standard InChI is InChI=1S/C12H16N2O5/c1-18-10-4-3-9(8-14-17)7-11(10)19-6-2-5-13-12(15)16/h3-4,7-8,13,17H,2,5-6H2,1H3,(H,15,16)/b14-8+. The third kappa shape index (κ3) is 5.15. The molecule has 3 N–H and O–H groups in total. The monoisotopic (exact) mass is 268 g/mol. The maximum Gasteiger partial charge on any atom is 0.404 e. The van der Waals surface area contributed by atoms with Gasteiger partial charge in [0, 0.05) is 12.1 Å². The van der Waals surface area contributed by atoms with Crippen LogP contribution in [0.25, 0.3) is 0 Å². The number of hydrogen-bond acceptors (Lipinski definition) is 5. The summed E-state index contributed by atoms with van der Waals surface area (Å²) >= 11 is 0. The van der Waals surface area contributed by atoms with Gasteiger partial charge in [-0.3, -0.25) is 0 Å². The minimum absolute atomic E-state index is 0.315. The maximum absolute atomic E-state index is 10.2. The highest BCUT2D eigenvalue weighted by Gasteiger charge is 2.05. The van der Waals surface area contributed by atoms with E-state index in [1.54, 1.807) is 18.2 Å². The highest BCUT2D eigenvalue weighted by Crippen LogP contribution is 2.27. The third-order valence-corrected chi connectivity index (χ3v) is 2.25. The van der Waals surface area contributed by atoms with E-state index in [0.717, 1.165) is 0 Å². The lowest BCUT2D eigenvalue weighted by molar-refractivity contribution is 0.193. The SMILES string of the molecule is COc1ccc(/C=N/O)cc1OCCCNC(=O)O. The average molecular weight is 268 g/mol. The fourth-order valence-corrected chi connectivity index (χ4v) is 1.40. The number of carboxylic acid groups (broad SMARTS) is 1. The van der Waals surface area contributed by atoms with Gasteiger partial charge in [-0.05, 0) is 24.6 Å². The van der Waals surface area contributed by atoms with E-state index in [1.807, 2.05) is 0 Å². The van der Waals surface area contributed by atoms with Crippen molar-refractivity contribution in [3.8, 4) is 11.5 Å². The Hall–Kier alpha value is -2.44. The van der Waals surface area contributed by atoms with Crippen LogP contribution in [0.4, 0.5) is 4.79 Å². The number of rotatable bonds is 7. The van der Waals surface area contributed by atoms with Gasteiger partial charge in [0.2, 0.25) is 0 Å². The van der Waals surface area contributed by atoms with E-state index >= 15 is 0 Å². The molecule has 7 heteroatoms. The topological polar surface area (TPSA) is 100 Å². The zero-order chi connectivity index (χ0) is 14.1. The van der Waals surface area contributed by atoms with Gasteiger partial charge in [0.05, 0.1) is 19.9 Å². The van der Waals surface area contributed by atoms with Gasteiger partial charge in [-0.1, -0.05) is 5.16 Å². The molecular weight excluding hydrogens is 252 g/mol. The van der Waals surface area contributed by atoms with E-state index in [9.17, 15) is 4.79 Å². The van der Waals surface area contributed by atoms with Crippen LogP contribution in [0.1, 0.15) is 12.0 Å². The minimum Gasteiger partial charge on any atom is -0.493 e. The molecule has 19 heavy (non-hydrogen) atoms. The first kappa shape index (κ1) is 14.6. The molecule has 0 saturated heterocycles. The lowest BCUT2D eigenvalue weighted by Crippen LogP contribution is -2.23. The van der Waals surface area contributed by atoms with Crippen molar-refractivity contribution in [3.63, 3.8) is 0 Å². The largest absolute Gasteiger partial charge is 0.493 e. The number of carbonyl (C=O) groups is 1. The normalized spacial score (nSPS) is 10.4. The molecule has 7 nitrogen and oxygen atoms in total. The molecule has 0 unspecified atom stereocenters. The van der Waals surface area contributed by atoms with Crippen molar-refractivity contribution in [2.75, 3.05) is 20.3 Å². The van der Waals surface area contributed by atoms with Crippen molar-refractivity contribution >= 4 is 12.3 Å². The highest BCUT2D eigenvalue weighted by atomic mass is 16.5. The molecule has 0 aliphatic heterocycles. The van der Waals surface area contributed by atoms with Crippen molar-refractivity contribution < 1.29 is 24.6 Å². The molecule has 1 rings (SSSR count). The van der Waals surface area contributed by atoms with E-state index in [0.29, 0.717) is 36.6 Å². The molecular formula is C12H16N2O5. The summed E-state index contributed by atoms with van der Waals surface area (Å²) in [5.74, 6) is 1.07. The number of oxime groups is 1. The van der Waals surface area contributed by atoms with Crippen LogP contribution in [-0.2, 0) is 0 Å². The van der Waals surface area contributed by atoms with Crippen LogP contribution in [-0.4, -0.2) is 42.9 Å².